The zero-order valence-electron chi connectivity index (χ0n) is 16.0. The van der Waals surface area contributed by atoms with Gasteiger partial charge in [0.2, 0.25) is 0 Å². The van der Waals surface area contributed by atoms with Crippen LogP contribution in [0.2, 0.25) is 0 Å². The van der Waals surface area contributed by atoms with Crippen LogP contribution in [0, 0.1) is 13.8 Å². The van der Waals surface area contributed by atoms with E-state index < -0.39 is 0 Å². The van der Waals surface area contributed by atoms with Crippen molar-refractivity contribution >= 4 is 39.1 Å². The molecule has 0 radical (unpaired) electrons. The normalized spacial score (nSPS) is 12.2. The molecule has 28 heavy (non-hydrogen) atoms. The van der Waals surface area contributed by atoms with Crippen molar-refractivity contribution in [3.63, 3.8) is 0 Å². The van der Waals surface area contributed by atoms with Crippen molar-refractivity contribution in [1.82, 2.24) is 9.97 Å². The molecule has 0 saturated carbocycles. The second kappa shape index (κ2) is 7.86. The van der Waals surface area contributed by atoms with Crippen LogP contribution in [-0.4, -0.2) is 21.0 Å². The Labute approximate surface area is 172 Å². The first-order chi connectivity index (χ1) is 13.5. The standard InChI is InChI=1S/C23H20N2OS2/c1-14-9-10-18(11-15(14)2)21(26)16(3)27-22-19-12-20(17-7-5-4-6-8-17)28-23(19)25-13-24-22/h4-13,16H,1-3H3/t16-/m0/s1. The third-order valence-corrected chi connectivity index (χ3v) is 7.01. The molecular formula is C23H20N2OS2. The summed E-state index contributed by atoms with van der Waals surface area (Å²) < 4.78 is 0. The molecular weight excluding hydrogens is 384 g/mol. The number of hydrogen-bond acceptors (Lipinski definition) is 5. The fourth-order valence-electron chi connectivity index (χ4n) is 3.02. The number of ketones is 1. The monoisotopic (exact) mass is 404 g/mol. The van der Waals surface area contributed by atoms with E-state index in [2.05, 4.69) is 35.1 Å². The van der Waals surface area contributed by atoms with Crippen LogP contribution in [0.25, 0.3) is 20.7 Å². The second-order valence-electron chi connectivity index (χ2n) is 6.80. The number of nitrogens with zero attached hydrogens (tertiary/aromatic N) is 2. The van der Waals surface area contributed by atoms with Crippen LogP contribution in [0.5, 0.6) is 0 Å². The topological polar surface area (TPSA) is 42.9 Å². The van der Waals surface area contributed by atoms with E-state index >= 15 is 0 Å². The molecule has 4 aromatic rings. The summed E-state index contributed by atoms with van der Waals surface area (Å²) in [4.78, 5) is 23.9. The number of rotatable bonds is 5. The highest BCUT2D eigenvalue weighted by Crippen LogP contribution is 2.37. The molecule has 3 nitrogen and oxygen atoms in total. The van der Waals surface area contributed by atoms with Gasteiger partial charge in [-0.05, 0) is 49.6 Å². The van der Waals surface area contributed by atoms with Crippen molar-refractivity contribution in [2.45, 2.75) is 31.0 Å². The molecule has 0 N–H and O–H groups in total. The highest BCUT2D eigenvalue weighted by molar-refractivity contribution is 8.00. The number of hydrogen-bond donors (Lipinski definition) is 0. The lowest BCUT2D eigenvalue weighted by Crippen LogP contribution is -2.14. The molecule has 4 rings (SSSR count). The number of fused-ring (bicyclic) bond motifs is 1. The van der Waals surface area contributed by atoms with Gasteiger partial charge in [0, 0.05) is 15.8 Å². The van der Waals surface area contributed by atoms with E-state index in [-0.39, 0.29) is 11.0 Å². The summed E-state index contributed by atoms with van der Waals surface area (Å²) in [5.74, 6) is 0.123. The molecule has 0 aliphatic heterocycles. The van der Waals surface area contributed by atoms with Crippen LogP contribution in [0.4, 0.5) is 0 Å². The Kier molecular flexibility index (Phi) is 5.29. The van der Waals surface area contributed by atoms with Crippen LogP contribution < -0.4 is 0 Å². The largest absolute Gasteiger partial charge is 0.293 e. The van der Waals surface area contributed by atoms with E-state index in [4.69, 9.17) is 0 Å². The van der Waals surface area contributed by atoms with Crippen LogP contribution in [0.15, 0.2) is 66.0 Å². The molecule has 2 heterocycles. The number of Topliss-reactive ketones (excluding diaryl/α,β-unsaturated/α-hetero) is 1. The Morgan fingerprint density at radius 1 is 1.00 bits per heavy atom. The Morgan fingerprint density at radius 2 is 1.79 bits per heavy atom. The molecule has 2 aromatic heterocycles. The van der Waals surface area contributed by atoms with Crippen molar-refractivity contribution < 1.29 is 4.79 Å². The molecule has 0 aliphatic rings. The Bertz CT molecular complexity index is 1150. The molecule has 0 spiro atoms. The Hall–Kier alpha value is -2.50. The fraction of sp³-hybridized carbons (Fsp3) is 0.174. The number of carbonyl (C=O) groups is 1. The van der Waals surface area contributed by atoms with Crippen molar-refractivity contribution in [3.8, 4) is 10.4 Å². The van der Waals surface area contributed by atoms with Crippen molar-refractivity contribution in [3.05, 3.63) is 77.6 Å². The summed E-state index contributed by atoms with van der Waals surface area (Å²) in [5, 5.41) is 1.64. The summed E-state index contributed by atoms with van der Waals surface area (Å²) in [6, 6.07) is 18.3. The van der Waals surface area contributed by atoms with E-state index in [1.807, 2.05) is 50.2 Å². The fourth-order valence-corrected chi connectivity index (χ4v) is 5.06. The molecule has 5 heteroatoms. The average molecular weight is 405 g/mol. The molecule has 0 amide bonds. The number of benzene rings is 2. The molecule has 1 atom stereocenters. The first kappa shape index (κ1) is 18.8. The van der Waals surface area contributed by atoms with Gasteiger partial charge in [-0.1, -0.05) is 54.2 Å². The first-order valence-corrected chi connectivity index (χ1v) is 10.8. The first-order valence-electron chi connectivity index (χ1n) is 9.11. The average Bonchev–Trinajstić information content (AvgIpc) is 3.15. The summed E-state index contributed by atoms with van der Waals surface area (Å²) >= 11 is 3.15. The van der Waals surface area contributed by atoms with E-state index in [1.54, 1.807) is 17.7 Å². The lowest BCUT2D eigenvalue weighted by molar-refractivity contribution is 0.0994. The summed E-state index contributed by atoms with van der Waals surface area (Å²) in [7, 11) is 0. The third kappa shape index (κ3) is 3.73. The van der Waals surface area contributed by atoms with Gasteiger partial charge in [0.15, 0.2) is 5.78 Å². The lowest BCUT2D eigenvalue weighted by Gasteiger charge is -2.11. The highest BCUT2D eigenvalue weighted by atomic mass is 32.2. The quantitative estimate of drug-likeness (QED) is 0.221. The van der Waals surface area contributed by atoms with Crippen molar-refractivity contribution in [2.75, 3.05) is 0 Å². The van der Waals surface area contributed by atoms with Crippen LogP contribution >= 0.6 is 23.1 Å². The maximum absolute atomic E-state index is 12.9. The summed E-state index contributed by atoms with van der Waals surface area (Å²) in [6.07, 6.45) is 1.59. The SMILES string of the molecule is Cc1ccc(C(=O)[C@H](C)Sc2ncnc3sc(-c4ccccc4)cc23)cc1C. The van der Waals surface area contributed by atoms with Crippen LogP contribution in [0.1, 0.15) is 28.4 Å². The zero-order valence-corrected chi connectivity index (χ0v) is 17.6. The Morgan fingerprint density at radius 3 is 2.54 bits per heavy atom. The van der Waals surface area contributed by atoms with Gasteiger partial charge < -0.3 is 0 Å². The number of aryl methyl sites for hydroxylation is 2. The maximum Gasteiger partial charge on any atom is 0.175 e. The Balaban J connectivity index is 1.63. The molecule has 0 unspecified atom stereocenters. The van der Waals surface area contributed by atoms with Gasteiger partial charge in [0.25, 0.3) is 0 Å². The van der Waals surface area contributed by atoms with Crippen molar-refractivity contribution in [2.24, 2.45) is 0 Å². The van der Waals surface area contributed by atoms with Crippen LogP contribution in [0.3, 0.4) is 0 Å². The molecule has 0 saturated heterocycles. The predicted octanol–water partition coefficient (Wildman–Crippen LogP) is 6.34. The van der Waals surface area contributed by atoms with Gasteiger partial charge in [0.05, 0.1) is 5.25 Å². The second-order valence-corrected chi connectivity index (χ2v) is 9.16. The lowest BCUT2D eigenvalue weighted by atomic mass is 10.0. The predicted molar refractivity (Wildman–Crippen MR) is 118 cm³/mol. The van der Waals surface area contributed by atoms with E-state index in [0.717, 1.165) is 31.2 Å². The number of aromatic nitrogens is 2. The van der Waals surface area contributed by atoms with Crippen LogP contribution in [-0.2, 0) is 0 Å². The molecule has 0 bridgehead atoms. The molecule has 0 fully saturated rings. The minimum Gasteiger partial charge on any atom is -0.293 e. The zero-order chi connectivity index (χ0) is 19.7. The summed E-state index contributed by atoms with van der Waals surface area (Å²) in [6.45, 7) is 6.04. The minimum absolute atomic E-state index is 0.123. The third-order valence-electron chi connectivity index (χ3n) is 4.80. The van der Waals surface area contributed by atoms with Gasteiger partial charge in [-0.2, -0.15) is 0 Å². The molecule has 0 aliphatic carbocycles. The number of thioether (sulfide) groups is 1. The van der Waals surface area contributed by atoms with Gasteiger partial charge in [-0.15, -0.1) is 11.3 Å². The smallest absolute Gasteiger partial charge is 0.175 e. The number of thiophene rings is 1. The van der Waals surface area contributed by atoms with Gasteiger partial charge >= 0.3 is 0 Å². The van der Waals surface area contributed by atoms with E-state index in [9.17, 15) is 4.79 Å². The van der Waals surface area contributed by atoms with Crippen molar-refractivity contribution in [1.29, 1.82) is 0 Å². The van der Waals surface area contributed by atoms with Gasteiger partial charge in [-0.25, -0.2) is 9.97 Å². The van der Waals surface area contributed by atoms with Gasteiger partial charge in [-0.3, -0.25) is 4.79 Å². The minimum atomic E-state index is -0.222. The highest BCUT2D eigenvalue weighted by Gasteiger charge is 2.20. The maximum atomic E-state index is 12.9. The number of carbonyl (C=O) groups excluding carboxylic acids is 1. The summed E-state index contributed by atoms with van der Waals surface area (Å²) in [5.41, 5.74) is 4.25. The molecule has 2 aromatic carbocycles. The van der Waals surface area contributed by atoms with E-state index in [0.29, 0.717) is 0 Å². The molecule has 140 valence electrons. The van der Waals surface area contributed by atoms with Gasteiger partial charge in [0.1, 0.15) is 16.2 Å². The van der Waals surface area contributed by atoms with E-state index in [1.165, 1.54) is 22.9 Å².